The van der Waals surface area contributed by atoms with Gasteiger partial charge in [-0.2, -0.15) is 5.10 Å². The highest BCUT2D eigenvalue weighted by molar-refractivity contribution is 5.96. The monoisotopic (exact) mass is 608 g/mol. The summed E-state index contributed by atoms with van der Waals surface area (Å²) in [6, 6.07) is 26.0. The minimum atomic E-state index is -0.101. The maximum atomic E-state index is 13.9. The number of para-hydroxylation sites is 2. The molecule has 0 spiro atoms. The molecule has 9 heteroatoms. The molecule has 0 bridgehead atoms. The van der Waals surface area contributed by atoms with Gasteiger partial charge in [0, 0.05) is 45.7 Å². The van der Waals surface area contributed by atoms with Gasteiger partial charge < -0.3 is 14.5 Å². The molecule has 0 N–H and O–H groups in total. The summed E-state index contributed by atoms with van der Waals surface area (Å²) >= 11 is 0. The van der Waals surface area contributed by atoms with E-state index in [1.165, 1.54) is 5.56 Å². The minimum absolute atomic E-state index is 0.0620. The average Bonchev–Trinajstić information content (AvgIpc) is 3.37. The summed E-state index contributed by atoms with van der Waals surface area (Å²) in [5, 5.41) is 4.45. The maximum absolute atomic E-state index is 13.9. The number of anilines is 1. The second-order valence-corrected chi connectivity index (χ2v) is 11.7. The largest absolute Gasteiger partial charge is 0.484 e. The van der Waals surface area contributed by atoms with E-state index in [2.05, 4.69) is 39.2 Å². The molecule has 0 atom stereocenters. The number of hydrogen-bond acceptors (Lipinski definition) is 6. The molecule has 1 aliphatic heterocycles. The molecule has 0 radical (unpaired) electrons. The number of carbonyl (C=O) groups is 2. The van der Waals surface area contributed by atoms with E-state index in [1.54, 1.807) is 4.68 Å². The third kappa shape index (κ3) is 8.79. The van der Waals surface area contributed by atoms with Crippen LogP contribution in [0.3, 0.4) is 0 Å². The molecule has 0 unspecified atom stereocenters. The summed E-state index contributed by atoms with van der Waals surface area (Å²) in [5.41, 5.74) is 4.09. The Kier molecular flexibility index (Phi) is 11.0. The fourth-order valence-electron chi connectivity index (χ4n) is 6.01. The Labute approximate surface area is 266 Å². The van der Waals surface area contributed by atoms with Crippen LogP contribution in [0.5, 0.6) is 5.75 Å². The third-order valence-electron chi connectivity index (χ3n) is 8.22. The number of fused-ring (bicyclic) bond motifs is 1. The summed E-state index contributed by atoms with van der Waals surface area (Å²) in [6.45, 7) is 10.3. The number of aryl methyl sites for hydroxylation is 4. The van der Waals surface area contributed by atoms with Crippen LogP contribution < -0.4 is 9.64 Å². The van der Waals surface area contributed by atoms with E-state index >= 15 is 0 Å². The van der Waals surface area contributed by atoms with Crippen LogP contribution in [-0.2, 0) is 29.2 Å². The first-order valence-electron chi connectivity index (χ1n) is 15.9. The zero-order valence-electron chi connectivity index (χ0n) is 26.7. The smallest absolute Gasteiger partial charge is 0.264 e. The molecule has 2 amide bonds. The van der Waals surface area contributed by atoms with E-state index in [0.29, 0.717) is 44.2 Å². The molecular weight excluding hydrogens is 564 g/mol. The van der Waals surface area contributed by atoms with Crippen molar-refractivity contribution in [3.8, 4) is 5.75 Å². The average molecular weight is 609 g/mol. The van der Waals surface area contributed by atoms with E-state index in [9.17, 15) is 9.59 Å². The van der Waals surface area contributed by atoms with Gasteiger partial charge in [-0.15, -0.1) is 0 Å². The predicted octanol–water partition coefficient (Wildman–Crippen LogP) is 5.33. The normalized spacial score (nSPS) is 14.7. The number of nitrogens with zero attached hydrogens (tertiary/aromatic N) is 6. The molecule has 0 saturated carbocycles. The maximum Gasteiger partial charge on any atom is 0.264 e. The first kappa shape index (κ1) is 31.9. The Balaban J connectivity index is 1.41. The highest BCUT2D eigenvalue weighted by atomic mass is 16.5. The summed E-state index contributed by atoms with van der Waals surface area (Å²) in [5.74, 6) is 2.13. The predicted molar refractivity (Wildman–Crippen MR) is 176 cm³/mol. The minimum Gasteiger partial charge on any atom is -0.484 e. The van der Waals surface area contributed by atoms with Crippen molar-refractivity contribution in [2.45, 2.75) is 59.7 Å². The molecule has 0 fully saturated rings. The number of hydrogen-bond donors (Lipinski definition) is 0. The molecule has 9 nitrogen and oxygen atoms in total. The van der Waals surface area contributed by atoms with E-state index in [1.807, 2.05) is 85.2 Å². The number of aromatic nitrogens is 3. The van der Waals surface area contributed by atoms with Gasteiger partial charge in [0.1, 0.15) is 17.4 Å². The molecule has 2 heterocycles. The van der Waals surface area contributed by atoms with Crippen LogP contribution in [0.15, 0.2) is 78.9 Å². The van der Waals surface area contributed by atoms with E-state index in [0.717, 1.165) is 55.1 Å². The Morgan fingerprint density at radius 3 is 2.22 bits per heavy atom. The standard InChI is InChI=1S/C36H44N6O3/c1-28-13-10-16-32-26-40(34(43)19-24-42-30(3)37-29(2)38-42)22-11-20-39(25-31-14-6-4-7-15-31)21-12-23-41(36(28)32)35(44)27-45-33-17-8-5-9-18-33/h4-10,13-18H,11-12,19-27H2,1-3H3. The summed E-state index contributed by atoms with van der Waals surface area (Å²) < 4.78 is 7.72. The van der Waals surface area contributed by atoms with Gasteiger partial charge in [0.2, 0.25) is 5.91 Å². The molecular formula is C36H44N6O3. The van der Waals surface area contributed by atoms with Crippen molar-refractivity contribution in [2.24, 2.45) is 0 Å². The number of ether oxygens (including phenoxy) is 1. The van der Waals surface area contributed by atoms with E-state index < -0.39 is 0 Å². The quantitative estimate of drug-likeness (QED) is 0.269. The SMILES string of the molecule is Cc1nc(C)n(CCC(=O)N2CCCN(Cc3ccccc3)CCCN(C(=O)COc3ccccc3)c3c(C)cccc3C2)n1. The molecule has 1 aromatic heterocycles. The Bertz CT molecular complexity index is 1560. The molecule has 0 aliphatic carbocycles. The Morgan fingerprint density at radius 1 is 0.800 bits per heavy atom. The number of carbonyl (C=O) groups excluding carboxylic acids is 2. The molecule has 236 valence electrons. The number of amides is 2. The van der Waals surface area contributed by atoms with Gasteiger partial charge in [-0.1, -0.05) is 66.7 Å². The second-order valence-electron chi connectivity index (χ2n) is 11.7. The van der Waals surface area contributed by atoms with Gasteiger partial charge in [0.15, 0.2) is 6.61 Å². The summed E-state index contributed by atoms with van der Waals surface area (Å²) in [7, 11) is 0. The highest BCUT2D eigenvalue weighted by Gasteiger charge is 2.25. The summed E-state index contributed by atoms with van der Waals surface area (Å²) in [6.07, 6.45) is 2.00. The Hall–Kier alpha value is -4.50. The van der Waals surface area contributed by atoms with Gasteiger partial charge in [0.25, 0.3) is 5.91 Å². The van der Waals surface area contributed by atoms with Crippen molar-refractivity contribution in [1.29, 1.82) is 0 Å². The van der Waals surface area contributed by atoms with Gasteiger partial charge in [-0.25, -0.2) is 9.67 Å². The molecule has 5 rings (SSSR count). The van der Waals surface area contributed by atoms with Gasteiger partial charge >= 0.3 is 0 Å². The molecule has 3 aromatic carbocycles. The molecule has 0 saturated heterocycles. The van der Waals surface area contributed by atoms with Crippen LogP contribution in [0.4, 0.5) is 5.69 Å². The van der Waals surface area contributed by atoms with E-state index in [4.69, 9.17) is 4.74 Å². The first-order valence-corrected chi connectivity index (χ1v) is 15.9. The van der Waals surface area contributed by atoms with Crippen molar-refractivity contribution in [2.75, 3.05) is 37.7 Å². The van der Waals surface area contributed by atoms with Crippen molar-refractivity contribution in [3.63, 3.8) is 0 Å². The van der Waals surface area contributed by atoms with Crippen molar-refractivity contribution in [3.05, 3.63) is 107 Å². The fourth-order valence-corrected chi connectivity index (χ4v) is 6.01. The van der Waals surface area contributed by atoms with Crippen LogP contribution in [0.2, 0.25) is 0 Å². The highest BCUT2D eigenvalue weighted by Crippen LogP contribution is 2.28. The third-order valence-corrected chi connectivity index (χ3v) is 8.22. The zero-order chi connectivity index (χ0) is 31.6. The molecule has 45 heavy (non-hydrogen) atoms. The van der Waals surface area contributed by atoms with Crippen LogP contribution in [-0.4, -0.2) is 69.2 Å². The van der Waals surface area contributed by atoms with Crippen LogP contribution in [0, 0.1) is 20.8 Å². The van der Waals surface area contributed by atoms with Gasteiger partial charge in [-0.3, -0.25) is 14.5 Å². The summed E-state index contributed by atoms with van der Waals surface area (Å²) in [4.78, 5) is 38.3. The van der Waals surface area contributed by atoms with Crippen molar-refractivity contribution < 1.29 is 14.3 Å². The van der Waals surface area contributed by atoms with Crippen molar-refractivity contribution >= 4 is 17.5 Å². The van der Waals surface area contributed by atoms with Crippen LogP contribution in [0.25, 0.3) is 0 Å². The molecule has 1 aliphatic rings. The zero-order valence-corrected chi connectivity index (χ0v) is 26.7. The second kappa shape index (κ2) is 15.5. The van der Waals surface area contributed by atoms with Crippen LogP contribution in [0.1, 0.15) is 47.6 Å². The first-order chi connectivity index (χ1) is 21.9. The van der Waals surface area contributed by atoms with Gasteiger partial charge in [0.05, 0.1) is 12.2 Å². The number of rotatable bonds is 8. The molecule has 4 aromatic rings. The van der Waals surface area contributed by atoms with E-state index in [-0.39, 0.29) is 18.4 Å². The van der Waals surface area contributed by atoms with Crippen LogP contribution >= 0.6 is 0 Å². The lowest BCUT2D eigenvalue weighted by Gasteiger charge is -2.32. The lowest BCUT2D eigenvalue weighted by molar-refractivity contribution is -0.132. The number of benzene rings is 3. The van der Waals surface area contributed by atoms with Gasteiger partial charge in [-0.05, 0) is 62.4 Å². The lowest BCUT2D eigenvalue weighted by Crippen LogP contribution is -2.41. The fraction of sp³-hybridized carbons (Fsp3) is 0.389. The van der Waals surface area contributed by atoms with Crippen molar-refractivity contribution in [1.82, 2.24) is 24.6 Å². The topological polar surface area (TPSA) is 83.8 Å². The Morgan fingerprint density at radius 2 is 1.51 bits per heavy atom. The lowest BCUT2D eigenvalue weighted by atomic mass is 10.0.